The average molecular weight is 413 g/mol. The highest BCUT2D eigenvalue weighted by atomic mass is 16.5. The summed E-state index contributed by atoms with van der Waals surface area (Å²) in [7, 11) is 7.81. The maximum absolute atomic E-state index is 12.8. The minimum Gasteiger partial charge on any atom is -0.497 e. The second kappa shape index (κ2) is 9.17. The molecule has 0 saturated heterocycles. The number of aromatic nitrogens is 2. The Kier molecular flexibility index (Phi) is 6.41. The van der Waals surface area contributed by atoms with Crippen LogP contribution in [0.5, 0.6) is 23.0 Å². The van der Waals surface area contributed by atoms with E-state index in [2.05, 4.69) is 10.2 Å². The van der Waals surface area contributed by atoms with E-state index in [1.165, 1.54) is 12.0 Å². The van der Waals surface area contributed by atoms with Crippen molar-refractivity contribution in [1.82, 2.24) is 15.1 Å². The number of hydrogen-bond acceptors (Lipinski definition) is 8. The maximum atomic E-state index is 12.8. The van der Waals surface area contributed by atoms with Gasteiger partial charge in [0, 0.05) is 18.7 Å². The molecule has 0 bridgehead atoms. The van der Waals surface area contributed by atoms with Crippen molar-refractivity contribution in [3.63, 3.8) is 0 Å². The molecule has 0 unspecified atom stereocenters. The lowest BCUT2D eigenvalue weighted by Gasteiger charge is -2.17. The predicted octanol–water partition coefficient (Wildman–Crippen LogP) is 3.04. The zero-order chi connectivity index (χ0) is 21.7. The van der Waals surface area contributed by atoms with E-state index in [-0.39, 0.29) is 12.5 Å². The normalized spacial score (nSPS) is 10.4. The molecule has 9 nitrogen and oxygen atoms in total. The molecule has 3 aromatic rings. The van der Waals surface area contributed by atoms with Gasteiger partial charge < -0.3 is 28.3 Å². The molecule has 30 heavy (non-hydrogen) atoms. The average Bonchev–Trinajstić information content (AvgIpc) is 3.25. The summed E-state index contributed by atoms with van der Waals surface area (Å²) < 4.78 is 26.7. The molecule has 0 aliphatic heterocycles. The zero-order valence-corrected chi connectivity index (χ0v) is 17.5. The first-order valence-corrected chi connectivity index (χ1v) is 9.03. The van der Waals surface area contributed by atoms with E-state index < -0.39 is 0 Å². The van der Waals surface area contributed by atoms with Crippen molar-refractivity contribution in [2.24, 2.45) is 0 Å². The van der Waals surface area contributed by atoms with E-state index in [1.54, 1.807) is 64.8 Å². The molecule has 0 spiro atoms. The van der Waals surface area contributed by atoms with Crippen molar-refractivity contribution in [3.8, 4) is 34.5 Å². The van der Waals surface area contributed by atoms with Crippen LogP contribution in [-0.2, 0) is 6.54 Å². The number of amides is 1. The van der Waals surface area contributed by atoms with E-state index in [0.717, 1.165) is 0 Å². The van der Waals surface area contributed by atoms with Gasteiger partial charge in [-0.3, -0.25) is 4.79 Å². The molecule has 2 aromatic carbocycles. The first kappa shape index (κ1) is 21.0. The molecule has 1 heterocycles. The molecule has 0 aliphatic rings. The molecule has 0 saturated carbocycles. The summed E-state index contributed by atoms with van der Waals surface area (Å²) in [5, 5.41) is 8.11. The van der Waals surface area contributed by atoms with Gasteiger partial charge in [0.1, 0.15) is 11.5 Å². The minimum absolute atomic E-state index is 0.133. The fourth-order valence-corrected chi connectivity index (χ4v) is 2.86. The number of rotatable bonds is 8. The molecule has 0 atom stereocenters. The van der Waals surface area contributed by atoms with Crippen molar-refractivity contribution in [1.29, 1.82) is 0 Å². The number of ether oxygens (including phenoxy) is 4. The van der Waals surface area contributed by atoms with Gasteiger partial charge in [-0.25, -0.2) is 0 Å². The van der Waals surface area contributed by atoms with Crippen molar-refractivity contribution >= 4 is 5.91 Å². The number of carbonyl (C=O) groups excluding carboxylic acids is 1. The zero-order valence-electron chi connectivity index (χ0n) is 17.5. The topological polar surface area (TPSA) is 96.2 Å². The largest absolute Gasteiger partial charge is 0.497 e. The van der Waals surface area contributed by atoms with E-state index >= 15 is 0 Å². The van der Waals surface area contributed by atoms with Crippen LogP contribution in [0.3, 0.4) is 0 Å². The third kappa shape index (κ3) is 4.29. The molecule has 0 fully saturated rings. The van der Waals surface area contributed by atoms with Gasteiger partial charge in [-0.05, 0) is 30.3 Å². The van der Waals surface area contributed by atoms with Crippen LogP contribution in [-0.4, -0.2) is 56.5 Å². The Hall–Kier alpha value is -3.75. The highest BCUT2D eigenvalue weighted by Gasteiger charge is 2.20. The van der Waals surface area contributed by atoms with Gasteiger partial charge in [-0.1, -0.05) is 0 Å². The second-order valence-electron chi connectivity index (χ2n) is 6.30. The van der Waals surface area contributed by atoms with E-state index in [1.807, 2.05) is 0 Å². The lowest BCUT2D eigenvalue weighted by Crippen LogP contribution is -2.26. The summed E-state index contributed by atoms with van der Waals surface area (Å²) in [4.78, 5) is 14.3. The molecule has 0 aliphatic carbocycles. The minimum atomic E-state index is -0.250. The number of benzene rings is 2. The molecular weight excluding hydrogens is 390 g/mol. The van der Waals surface area contributed by atoms with Crippen molar-refractivity contribution < 1.29 is 28.2 Å². The fraction of sp³-hybridized carbons (Fsp3) is 0.286. The Labute approximate surface area is 174 Å². The molecule has 9 heteroatoms. The lowest BCUT2D eigenvalue weighted by atomic mass is 10.1. The Morgan fingerprint density at radius 3 is 2.30 bits per heavy atom. The first-order chi connectivity index (χ1) is 14.5. The van der Waals surface area contributed by atoms with Gasteiger partial charge >= 0.3 is 0 Å². The lowest BCUT2D eigenvalue weighted by molar-refractivity contribution is 0.0769. The summed E-state index contributed by atoms with van der Waals surface area (Å²) in [5.41, 5.74) is 1.08. The molecular formula is C21H23N3O6. The van der Waals surface area contributed by atoms with Crippen LogP contribution in [0.1, 0.15) is 16.2 Å². The Morgan fingerprint density at radius 2 is 1.63 bits per heavy atom. The van der Waals surface area contributed by atoms with Gasteiger partial charge in [0.25, 0.3) is 5.91 Å². The standard InChI is InChI=1S/C21H23N3O6/c1-24(21(25)15-8-7-14(26-2)11-17(15)28-4)12-19-22-23-20(30-19)13-6-9-16(27-3)18(10-13)29-5/h6-11H,12H2,1-5H3. The quantitative estimate of drug-likeness (QED) is 0.556. The van der Waals surface area contributed by atoms with Gasteiger partial charge in [-0.15, -0.1) is 10.2 Å². The molecule has 0 radical (unpaired) electrons. The van der Waals surface area contributed by atoms with Crippen LogP contribution in [0, 0.1) is 0 Å². The highest BCUT2D eigenvalue weighted by Crippen LogP contribution is 2.32. The number of hydrogen-bond donors (Lipinski definition) is 0. The summed E-state index contributed by atoms with van der Waals surface area (Å²) in [6.45, 7) is 0.133. The summed E-state index contributed by atoms with van der Waals surface area (Å²) in [5.74, 6) is 2.52. The van der Waals surface area contributed by atoms with Crippen molar-refractivity contribution in [2.45, 2.75) is 6.54 Å². The van der Waals surface area contributed by atoms with Gasteiger partial charge in [0.05, 0.1) is 40.5 Å². The van der Waals surface area contributed by atoms with Crippen LogP contribution >= 0.6 is 0 Å². The summed E-state index contributed by atoms with van der Waals surface area (Å²) in [6.07, 6.45) is 0. The molecule has 0 N–H and O–H groups in total. The maximum Gasteiger partial charge on any atom is 0.257 e. The third-order valence-electron chi connectivity index (χ3n) is 4.46. The summed E-state index contributed by atoms with van der Waals surface area (Å²) in [6, 6.07) is 10.3. The van der Waals surface area contributed by atoms with E-state index in [0.29, 0.717) is 45.9 Å². The number of carbonyl (C=O) groups is 1. The highest BCUT2D eigenvalue weighted by molar-refractivity contribution is 5.97. The van der Waals surface area contributed by atoms with E-state index in [4.69, 9.17) is 23.4 Å². The van der Waals surface area contributed by atoms with Gasteiger partial charge in [-0.2, -0.15) is 0 Å². The van der Waals surface area contributed by atoms with Crippen molar-refractivity contribution in [3.05, 3.63) is 47.9 Å². The SMILES string of the molecule is COc1ccc(C(=O)N(C)Cc2nnc(-c3ccc(OC)c(OC)c3)o2)c(OC)c1. The molecule has 158 valence electrons. The van der Waals surface area contributed by atoms with Crippen LogP contribution in [0.15, 0.2) is 40.8 Å². The van der Waals surface area contributed by atoms with Gasteiger partial charge in [0.2, 0.25) is 11.8 Å². The Morgan fingerprint density at radius 1 is 0.900 bits per heavy atom. The van der Waals surface area contributed by atoms with Crippen LogP contribution in [0.2, 0.25) is 0 Å². The van der Waals surface area contributed by atoms with Crippen LogP contribution in [0.25, 0.3) is 11.5 Å². The molecule has 3 rings (SSSR count). The Balaban J connectivity index is 1.76. The Bertz CT molecular complexity index is 1030. The second-order valence-corrected chi connectivity index (χ2v) is 6.30. The monoisotopic (exact) mass is 413 g/mol. The summed E-state index contributed by atoms with van der Waals surface area (Å²) >= 11 is 0. The van der Waals surface area contributed by atoms with Gasteiger partial charge in [0.15, 0.2) is 11.5 Å². The van der Waals surface area contributed by atoms with Crippen LogP contribution < -0.4 is 18.9 Å². The van der Waals surface area contributed by atoms with E-state index in [9.17, 15) is 4.79 Å². The predicted molar refractivity (Wildman–Crippen MR) is 108 cm³/mol. The fourth-order valence-electron chi connectivity index (χ4n) is 2.86. The number of methoxy groups -OCH3 is 4. The smallest absolute Gasteiger partial charge is 0.257 e. The van der Waals surface area contributed by atoms with Crippen LogP contribution in [0.4, 0.5) is 0 Å². The molecule has 1 amide bonds. The third-order valence-corrected chi connectivity index (χ3v) is 4.46. The first-order valence-electron chi connectivity index (χ1n) is 9.03. The molecule has 1 aromatic heterocycles. The van der Waals surface area contributed by atoms with Crippen molar-refractivity contribution in [2.75, 3.05) is 35.5 Å². The number of nitrogens with zero attached hydrogens (tertiary/aromatic N) is 3.